The number of carbonyl (C=O) groups is 2. The zero-order chi connectivity index (χ0) is 16.4. The monoisotopic (exact) mass is 334 g/mol. The van der Waals surface area contributed by atoms with Gasteiger partial charge in [0.1, 0.15) is 0 Å². The molecule has 3 rings (SSSR count). The lowest BCUT2D eigenvalue weighted by atomic mass is 9.86. The summed E-state index contributed by atoms with van der Waals surface area (Å²) in [5, 5.41) is 3.66. The molecule has 0 bridgehead atoms. The van der Waals surface area contributed by atoms with Gasteiger partial charge in [-0.2, -0.15) is 0 Å². The Morgan fingerprint density at radius 2 is 2.04 bits per heavy atom. The molecule has 2 aliphatic rings. The van der Waals surface area contributed by atoms with Gasteiger partial charge in [0, 0.05) is 24.6 Å². The summed E-state index contributed by atoms with van der Waals surface area (Å²) in [6, 6.07) is 5.43. The summed E-state index contributed by atoms with van der Waals surface area (Å²) in [4.78, 5) is 26.2. The maximum atomic E-state index is 12.6. The van der Waals surface area contributed by atoms with Crippen LogP contribution in [0.5, 0.6) is 0 Å². The highest BCUT2D eigenvalue weighted by molar-refractivity contribution is 6.34. The van der Waals surface area contributed by atoms with E-state index in [-0.39, 0.29) is 17.9 Å². The van der Waals surface area contributed by atoms with Crippen LogP contribution in [0.2, 0.25) is 5.02 Å². The van der Waals surface area contributed by atoms with E-state index < -0.39 is 0 Å². The van der Waals surface area contributed by atoms with E-state index in [2.05, 4.69) is 12.2 Å². The lowest BCUT2D eigenvalue weighted by molar-refractivity contribution is -0.117. The first-order chi connectivity index (χ1) is 11.1. The van der Waals surface area contributed by atoms with Crippen molar-refractivity contribution in [3.05, 3.63) is 28.8 Å². The van der Waals surface area contributed by atoms with Crippen molar-refractivity contribution >= 4 is 29.1 Å². The highest BCUT2D eigenvalue weighted by atomic mass is 35.5. The summed E-state index contributed by atoms with van der Waals surface area (Å²) in [5.41, 5.74) is 1.22. The molecule has 1 heterocycles. The highest BCUT2D eigenvalue weighted by Gasteiger charge is 2.26. The van der Waals surface area contributed by atoms with Crippen LogP contribution in [0, 0.1) is 5.92 Å². The predicted molar refractivity (Wildman–Crippen MR) is 91.9 cm³/mol. The van der Waals surface area contributed by atoms with Gasteiger partial charge in [-0.05, 0) is 43.4 Å². The van der Waals surface area contributed by atoms with E-state index in [0.29, 0.717) is 35.2 Å². The van der Waals surface area contributed by atoms with E-state index in [1.807, 2.05) is 0 Å². The van der Waals surface area contributed by atoms with Crippen molar-refractivity contribution in [3.63, 3.8) is 0 Å². The number of carbonyl (C=O) groups excluding carboxylic acids is 2. The minimum absolute atomic E-state index is 0.0744. The number of anilines is 1. The van der Waals surface area contributed by atoms with Gasteiger partial charge < -0.3 is 10.2 Å². The summed E-state index contributed by atoms with van der Waals surface area (Å²) >= 11 is 6.24. The number of halogens is 1. The maximum Gasteiger partial charge on any atom is 0.251 e. The molecule has 124 valence electrons. The quantitative estimate of drug-likeness (QED) is 0.914. The molecule has 2 amide bonds. The van der Waals surface area contributed by atoms with Gasteiger partial charge in [-0.15, -0.1) is 0 Å². The van der Waals surface area contributed by atoms with Crippen molar-refractivity contribution in [2.75, 3.05) is 11.4 Å². The van der Waals surface area contributed by atoms with E-state index in [4.69, 9.17) is 11.6 Å². The van der Waals surface area contributed by atoms with Crippen LogP contribution in [-0.4, -0.2) is 24.4 Å². The Hall–Kier alpha value is -1.55. The second-order valence-corrected chi connectivity index (χ2v) is 7.06. The molecule has 1 aliphatic carbocycles. The second kappa shape index (κ2) is 6.91. The molecule has 1 aliphatic heterocycles. The lowest BCUT2D eigenvalue weighted by Gasteiger charge is -2.29. The largest absolute Gasteiger partial charge is 0.349 e. The molecule has 4 nitrogen and oxygen atoms in total. The van der Waals surface area contributed by atoms with Crippen molar-refractivity contribution in [1.29, 1.82) is 0 Å². The molecule has 0 unspecified atom stereocenters. The van der Waals surface area contributed by atoms with E-state index >= 15 is 0 Å². The van der Waals surface area contributed by atoms with Crippen LogP contribution in [0.4, 0.5) is 5.69 Å². The first-order valence-electron chi connectivity index (χ1n) is 8.47. The van der Waals surface area contributed by atoms with Crippen molar-refractivity contribution in [3.8, 4) is 0 Å². The fraction of sp³-hybridized carbons (Fsp3) is 0.556. The molecule has 1 saturated carbocycles. The molecule has 0 spiro atoms. The van der Waals surface area contributed by atoms with Crippen molar-refractivity contribution in [2.45, 2.75) is 51.5 Å². The number of hydrogen-bond acceptors (Lipinski definition) is 2. The first kappa shape index (κ1) is 16.3. The first-order valence-corrected chi connectivity index (χ1v) is 8.85. The smallest absolute Gasteiger partial charge is 0.251 e. The molecule has 1 N–H and O–H groups in total. The van der Waals surface area contributed by atoms with Gasteiger partial charge in [0.05, 0.1) is 10.7 Å². The molecular formula is C18H23ClN2O2. The molecule has 23 heavy (non-hydrogen) atoms. The SMILES string of the molecule is C[C@H]1CCCC[C@H]1NC(=O)c1ccc(Cl)c(N2CCCC2=O)c1. The van der Waals surface area contributed by atoms with E-state index in [9.17, 15) is 9.59 Å². The third-order valence-corrected chi connectivity index (χ3v) is 5.32. The van der Waals surface area contributed by atoms with Crippen molar-refractivity contribution in [1.82, 2.24) is 5.32 Å². The fourth-order valence-electron chi connectivity index (χ4n) is 3.55. The highest BCUT2D eigenvalue weighted by Crippen LogP contribution is 2.31. The van der Waals surface area contributed by atoms with Gasteiger partial charge in [-0.1, -0.05) is 31.4 Å². The molecule has 1 saturated heterocycles. The Labute approximate surface area is 142 Å². The topological polar surface area (TPSA) is 49.4 Å². The summed E-state index contributed by atoms with van der Waals surface area (Å²) in [7, 11) is 0. The maximum absolute atomic E-state index is 12.6. The van der Waals surface area contributed by atoms with E-state index in [0.717, 1.165) is 12.8 Å². The Balaban J connectivity index is 1.77. The van der Waals surface area contributed by atoms with Crippen LogP contribution in [0.3, 0.4) is 0 Å². The summed E-state index contributed by atoms with van der Waals surface area (Å²) in [6.07, 6.45) is 6.01. The van der Waals surface area contributed by atoms with Gasteiger partial charge in [-0.3, -0.25) is 9.59 Å². The van der Waals surface area contributed by atoms with Gasteiger partial charge in [0.25, 0.3) is 5.91 Å². The molecule has 0 radical (unpaired) electrons. The average molecular weight is 335 g/mol. The van der Waals surface area contributed by atoms with Gasteiger partial charge in [0.2, 0.25) is 5.91 Å². The number of benzene rings is 1. The third-order valence-electron chi connectivity index (χ3n) is 5.00. The second-order valence-electron chi connectivity index (χ2n) is 6.66. The van der Waals surface area contributed by atoms with E-state index in [1.54, 1.807) is 23.1 Å². The van der Waals surface area contributed by atoms with Crippen molar-refractivity contribution in [2.24, 2.45) is 5.92 Å². The summed E-state index contributed by atoms with van der Waals surface area (Å²) in [6.45, 7) is 2.86. The minimum atomic E-state index is -0.0756. The van der Waals surface area contributed by atoms with Crippen LogP contribution >= 0.6 is 11.6 Å². The van der Waals surface area contributed by atoms with Crippen LogP contribution in [0.1, 0.15) is 55.8 Å². The third kappa shape index (κ3) is 3.52. The van der Waals surface area contributed by atoms with Gasteiger partial charge in [0.15, 0.2) is 0 Å². The zero-order valence-electron chi connectivity index (χ0n) is 13.5. The Kier molecular flexibility index (Phi) is 4.90. The van der Waals surface area contributed by atoms with E-state index in [1.165, 1.54) is 19.3 Å². The average Bonchev–Trinajstić information content (AvgIpc) is 2.96. The fourth-order valence-corrected chi connectivity index (χ4v) is 3.77. The van der Waals surface area contributed by atoms with Crippen LogP contribution in [0.15, 0.2) is 18.2 Å². The van der Waals surface area contributed by atoms with Gasteiger partial charge >= 0.3 is 0 Å². The molecule has 0 aromatic heterocycles. The number of rotatable bonds is 3. The normalized spacial score (nSPS) is 24.8. The zero-order valence-corrected chi connectivity index (χ0v) is 14.2. The number of hydrogen-bond donors (Lipinski definition) is 1. The standard InChI is InChI=1S/C18H23ClN2O2/c1-12-5-2-3-6-15(12)20-18(23)13-8-9-14(19)16(11-13)21-10-4-7-17(21)22/h8-9,11-12,15H,2-7,10H2,1H3,(H,20,23)/t12-,15+/m0/s1. The predicted octanol–water partition coefficient (Wildman–Crippen LogP) is 3.78. The van der Waals surface area contributed by atoms with Crippen molar-refractivity contribution < 1.29 is 9.59 Å². The Morgan fingerprint density at radius 3 is 2.74 bits per heavy atom. The van der Waals surface area contributed by atoms with Crippen LogP contribution in [0.25, 0.3) is 0 Å². The summed E-state index contributed by atoms with van der Waals surface area (Å²) < 4.78 is 0. The summed E-state index contributed by atoms with van der Waals surface area (Å²) in [5.74, 6) is 0.512. The molecule has 5 heteroatoms. The van der Waals surface area contributed by atoms with Crippen LogP contribution < -0.4 is 10.2 Å². The Morgan fingerprint density at radius 1 is 1.26 bits per heavy atom. The number of nitrogens with zero attached hydrogens (tertiary/aromatic N) is 1. The molecular weight excluding hydrogens is 312 g/mol. The minimum Gasteiger partial charge on any atom is -0.349 e. The Bertz CT molecular complexity index is 617. The molecule has 1 aromatic rings. The number of amides is 2. The molecule has 2 fully saturated rings. The number of nitrogens with one attached hydrogen (secondary N) is 1. The van der Waals surface area contributed by atoms with Gasteiger partial charge in [-0.25, -0.2) is 0 Å². The van der Waals surface area contributed by atoms with Crippen LogP contribution in [-0.2, 0) is 4.79 Å². The molecule has 2 atom stereocenters. The lowest BCUT2D eigenvalue weighted by Crippen LogP contribution is -2.41. The molecule has 1 aromatic carbocycles.